The first-order valence-electron chi connectivity index (χ1n) is 2.61. The van der Waals surface area contributed by atoms with Crippen molar-refractivity contribution >= 4 is 43.3 Å². The lowest BCUT2D eigenvalue weighted by Crippen LogP contribution is -1.63. The lowest BCUT2D eigenvalue weighted by atomic mass is 10.2. The van der Waals surface area contributed by atoms with Gasteiger partial charge in [0.05, 0.1) is 0 Å². The Balaban J connectivity index is -0.000000213. The van der Waals surface area contributed by atoms with E-state index in [0.717, 1.165) is 0 Å². The SMILES string of the molecule is C=Cc1ccccc1.Cl.Cl.Cl. The Bertz CT molecular complexity index is 172. The number of halogens is 3. The number of hydrogen-bond acceptors (Lipinski definition) is 0. The second-order valence-electron chi connectivity index (χ2n) is 1.61. The second-order valence-corrected chi connectivity index (χ2v) is 1.61. The highest BCUT2D eigenvalue weighted by atomic mass is 35.5. The summed E-state index contributed by atoms with van der Waals surface area (Å²) in [5.74, 6) is 0. The molecule has 1 aromatic rings. The third-order valence-corrected chi connectivity index (χ3v) is 1.04. The van der Waals surface area contributed by atoms with Gasteiger partial charge in [-0.1, -0.05) is 43.0 Å². The molecule has 1 rings (SSSR count). The number of rotatable bonds is 1. The van der Waals surface area contributed by atoms with Crippen LogP contribution >= 0.6 is 37.2 Å². The molecule has 1 aromatic carbocycles. The fraction of sp³-hybridized carbons (Fsp3) is 0. The molecule has 11 heavy (non-hydrogen) atoms. The lowest BCUT2D eigenvalue weighted by molar-refractivity contribution is 1.67. The van der Waals surface area contributed by atoms with Crippen molar-refractivity contribution in [2.75, 3.05) is 0 Å². The van der Waals surface area contributed by atoms with Crippen LogP contribution in [0.4, 0.5) is 0 Å². The highest BCUT2D eigenvalue weighted by molar-refractivity contribution is 5.86. The maximum Gasteiger partial charge on any atom is -0.0263 e. The van der Waals surface area contributed by atoms with Crippen molar-refractivity contribution in [2.24, 2.45) is 0 Å². The second kappa shape index (κ2) is 9.83. The zero-order valence-electron chi connectivity index (χ0n) is 5.90. The van der Waals surface area contributed by atoms with Crippen molar-refractivity contribution in [1.29, 1.82) is 0 Å². The van der Waals surface area contributed by atoms with Crippen molar-refractivity contribution in [1.82, 2.24) is 0 Å². The summed E-state index contributed by atoms with van der Waals surface area (Å²) < 4.78 is 0. The van der Waals surface area contributed by atoms with Gasteiger partial charge in [-0.25, -0.2) is 0 Å². The Labute approximate surface area is 85.9 Å². The van der Waals surface area contributed by atoms with Gasteiger partial charge in [-0.15, -0.1) is 37.2 Å². The summed E-state index contributed by atoms with van der Waals surface area (Å²) in [5, 5.41) is 0. The van der Waals surface area contributed by atoms with E-state index in [0.29, 0.717) is 0 Å². The van der Waals surface area contributed by atoms with Crippen LogP contribution < -0.4 is 0 Å². The van der Waals surface area contributed by atoms with Gasteiger partial charge in [-0.05, 0) is 5.56 Å². The summed E-state index contributed by atoms with van der Waals surface area (Å²) in [6, 6.07) is 10.0. The van der Waals surface area contributed by atoms with Gasteiger partial charge < -0.3 is 0 Å². The third-order valence-electron chi connectivity index (χ3n) is 1.04. The molecule has 0 aromatic heterocycles. The molecule has 3 heteroatoms. The van der Waals surface area contributed by atoms with Crippen molar-refractivity contribution < 1.29 is 0 Å². The Morgan fingerprint density at radius 1 is 0.909 bits per heavy atom. The molecule has 0 saturated carbocycles. The highest BCUT2D eigenvalue weighted by Crippen LogP contribution is 1.97. The zero-order valence-corrected chi connectivity index (χ0v) is 8.35. The van der Waals surface area contributed by atoms with Crippen LogP contribution in [0.2, 0.25) is 0 Å². The summed E-state index contributed by atoms with van der Waals surface area (Å²) in [6.45, 7) is 3.63. The Morgan fingerprint density at radius 3 is 1.64 bits per heavy atom. The third kappa shape index (κ3) is 6.24. The van der Waals surface area contributed by atoms with E-state index in [9.17, 15) is 0 Å². The van der Waals surface area contributed by atoms with Gasteiger partial charge in [-0.2, -0.15) is 0 Å². The molecule has 0 atom stereocenters. The van der Waals surface area contributed by atoms with Crippen LogP contribution in [-0.4, -0.2) is 0 Å². The quantitative estimate of drug-likeness (QED) is 0.669. The molecule has 0 fully saturated rings. The maximum absolute atomic E-state index is 3.63. The average Bonchev–Trinajstić information content (AvgIpc) is 1.90. The molecule has 0 saturated heterocycles. The molecule has 64 valence electrons. The topological polar surface area (TPSA) is 0 Å². The fourth-order valence-electron chi connectivity index (χ4n) is 0.589. The largest absolute Gasteiger partial charge is 0.147 e. The summed E-state index contributed by atoms with van der Waals surface area (Å²) in [4.78, 5) is 0. The van der Waals surface area contributed by atoms with Crippen molar-refractivity contribution in [3.05, 3.63) is 42.5 Å². The monoisotopic (exact) mass is 212 g/mol. The summed E-state index contributed by atoms with van der Waals surface area (Å²) in [5.41, 5.74) is 1.17. The van der Waals surface area contributed by atoms with Crippen LogP contribution in [0.5, 0.6) is 0 Å². The molecule has 0 radical (unpaired) electrons. The predicted octanol–water partition coefficient (Wildman–Crippen LogP) is 3.60. The molecule has 0 aliphatic rings. The molecule has 0 heterocycles. The van der Waals surface area contributed by atoms with Crippen LogP contribution in [0, 0.1) is 0 Å². The standard InChI is InChI=1S/C8H8.3ClH/c1-2-8-6-4-3-5-7-8;;;/h2-7H,1H2;3*1H. The molecule has 0 N–H and O–H groups in total. The van der Waals surface area contributed by atoms with E-state index in [1.807, 2.05) is 36.4 Å². The van der Waals surface area contributed by atoms with E-state index in [2.05, 4.69) is 6.58 Å². The van der Waals surface area contributed by atoms with Crippen LogP contribution in [0.3, 0.4) is 0 Å². The Hall–Kier alpha value is -0.170. The van der Waals surface area contributed by atoms with Gasteiger partial charge >= 0.3 is 0 Å². The molecule has 0 bridgehead atoms. The van der Waals surface area contributed by atoms with E-state index in [4.69, 9.17) is 0 Å². The molecule has 0 nitrogen and oxygen atoms in total. The first-order chi connectivity index (χ1) is 3.93. The normalized spacial score (nSPS) is 6.18. The fourth-order valence-corrected chi connectivity index (χ4v) is 0.589. The molecule has 0 amide bonds. The Kier molecular flexibility index (Phi) is 15.3. The van der Waals surface area contributed by atoms with E-state index in [1.54, 1.807) is 0 Å². The minimum atomic E-state index is 0. The van der Waals surface area contributed by atoms with E-state index in [-0.39, 0.29) is 37.2 Å². The molecule has 0 unspecified atom stereocenters. The van der Waals surface area contributed by atoms with Gasteiger partial charge in [0.15, 0.2) is 0 Å². The minimum absolute atomic E-state index is 0. The van der Waals surface area contributed by atoms with Crippen LogP contribution in [0.25, 0.3) is 6.08 Å². The van der Waals surface area contributed by atoms with E-state index in [1.165, 1.54) is 5.56 Å². The van der Waals surface area contributed by atoms with Crippen LogP contribution in [-0.2, 0) is 0 Å². The minimum Gasteiger partial charge on any atom is -0.147 e. The maximum atomic E-state index is 3.63. The van der Waals surface area contributed by atoms with Crippen LogP contribution in [0.1, 0.15) is 5.56 Å². The Morgan fingerprint density at radius 2 is 1.36 bits per heavy atom. The molecule has 0 spiro atoms. The summed E-state index contributed by atoms with van der Waals surface area (Å²) in [7, 11) is 0. The van der Waals surface area contributed by atoms with Gasteiger partial charge in [0, 0.05) is 0 Å². The van der Waals surface area contributed by atoms with Gasteiger partial charge in [0.2, 0.25) is 0 Å². The predicted molar refractivity (Wildman–Crippen MR) is 58.3 cm³/mol. The van der Waals surface area contributed by atoms with Crippen LogP contribution in [0.15, 0.2) is 36.9 Å². The molecular formula is C8H11Cl3. The van der Waals surface area contributed by atoms with Crippen molar-refractivity contribution in [3.8, 4) is 0 Å². The lowest BCUT2D eigenvalue weighted by Gasteiger charge is -1.85. The number of hydrogen-bond donors (Lipinski definition) is 0. The average molecular weight is 214 g/mol. The summed E-state index contributed by atoms with van der Waals surface area (Å²) in [6.07, 6.45) is 1.83. The zero-order chi connectivity index (χ0) is 5.82. The number of benzene rings is 1. The summed E-state index contributed by atoms with van der Waals surface area (Å²) >= 11 is 0. The van der Waals surface area contributed by atoms with Gasteiger partial charge in [0.25, 0.3) is 0 Å². The highest BCUT2D eigenvalue weighted by Gasteiger charge is 1.75. The first kappa shape index (κ1) is 17.1. The van der Waals surface area contributed by atoms with Crippen molar-refractivity contribution in [3.63, 3.8) is 0 Å². The van der Waals surface area contributed by atoms with Gasteiger partial charge in [-0.3, -0.25) is 0 Å². The van der Waals surface area contributed by atoms with Crippen molar-refractivity contribution in [2.45, 2.75) is 0 Å². The first-order valence-corrected chi connectivity index (χ1v) is 2.61. The molecular weight excluding hydrogens is 202 g/mol. The molecule has 0 aliphatic carbocycles. The van der Waals surface area contributed by atoms with E-state index >= 15 is 0 Å². The smallest absolute Gasteiger partial charge is 0.0263 e. The van der Waals surface area contributed by atoms with Gasteiger partial charge in [0.1, 0.15) is 0 Å². The van der Waals surface area contributed by atoms with E-state index < -0.39 is 0 Å². The molecule has 0 aliphatic heterocycles.